The van der Waals surface area contributed by atoms with Gasteiger partial charge in [0, 0.05) is 30.5 Å². The van der Waals surface area contributed by atoms with Crippen LogP contribution in [0.2, 0.25) is 0 Å². The molecule has 0 unspecified atom stereocenters. The Morgan fingerprint density at radius 3 is 1.37 bits per heavy atom. The molecule has 170 valence electrons. The van der Waals surface area contributed by atoms with Crippen LogP contribution in [0.15, 0.2) is 12.1 Å². The van der Waals surface area contributed by atoms with Gasteiger partial charge in [-0.15, -0.1) is 0 Å². The van der Waals surface area contributed by atoms with Crippen LogP contribution in [-0.2, 0) is 48.7 Å². The highest BCUT2D eigenvalue weighted by Gasteiger charge is 2.83. The Morgan fingerprint density at radius 1 is 0.733 bits per heavy atom. The smallest absolute Gasteiger partial charge is 0.396 e. The summed E-state index contributed by atoms with van der Waals surface area (Å²) in [6.07, 6.45) is 0.797. The van der Waals surface area contributed by atoms with E-state index in [0.717, 1.165) is 0 Å². The van der Waals surface area contributed by atoms with Gasteiger partial charge in [0.15, 0.2) is 39.3 Å². The molecular formula is C12H16BF2NO10S4. The lowest BCUT2D eigenvalue weighted by Gasteiger charge is -2.37. The van der Waals surface area contributed by atoms with Crippen LogP contribution in [0.3, 0.4) is 0 Å². The summed E-state index contributed by atoms with van der Waals surface area (Å²) in [5.74, 6) is -2.69. The molecule has 0 aliphatic carbocycles. The number of halogens is 2. The molecule has 0 amide bonds. The fourth-order valence-corrected chi connectivity index (χ4v) is 14.2. The Balaban J connectivity index is 3.12. The molecule has 0 spiro atoms. The number of sulfone groups is 4. The van der Waals surface area contributed by atoms with Gasteiger partial charge in [0.2, 0.25) is 0 Å². The van der Waals surface area contributed by atoms with E-state index in [1.54, 1.807) is 0 Å². The van der Waals surface area contributed by atoms with E-state index >= 15 is 0 Å². The van der Waals surface area contributed by atoms with E-state index in [9.17, 15) is 42.5 Å². The van der Waals surface area contributed by atoms with Crippen LogP contribution < -0.4 is 11.2 Å². The van der Waals surface area contributed by atoms with Gasteiger partial charge in [-0.3, -0.25) is 0 Å². The highest BCUT2D eigenvalue weighted by molar-refractivity contribution is 8.16. The molecule has 1 heterocycles. The van der Waals surface area contributed by atoms with Crippen molar-refractivity contribution in [2.75, 3.05) is 30.8 Å². The van der Waals surface area contributed by atoms with Crippen LogP contribution >= 0.6 is 0 Å². The number of anilines is 1. The molecule has 1 aromatic rings. The number of hydrogen-bond acceptors (Lipinski definition) is 11. The molecule has 1 saturated heterocycles. The second kappa shape index (κ2) is 6.83. The SMILES string of the molecule is CS(=O)(=O)C1(S(C)(=O)=O)OB(c2cc(F)c(N)cc2F)OC1(S(C)(=O)=O)S(C)(=O)=O. The van der Waals surface area contributed by atoms with Crippen LogP contribution in [0, 0.1) is 11.6 Å². The van der Waals surface area contributed by atoms with Crippen molar-refractivity contribution in [2.45, 2.75) is 8.53 Å². The van der Waals surface area contributed by atoms with Crippen molar-refractivity contribution < 1.29 is 51.8 Å². The summed E-state index contributed by atoms with van der Waals surface area (Å²) in [4.78, 5) is 0. The van der Waals surface area contributed by atoms with Crippen molar-refractivity contribution in [3.05, 3.63) is 23.8 Å². The predicted molar refractivity (Wildman–Crippen MR) is 103 cm³/mol. The van der Waals surface area contributed by atoms with E-state index in [1.165, 1.54) is 0 Å². The Labute approximate surface area is 172 Å². The van der Waals surface area contributed by atoms with E-state index in [2.05, 4.69) is 0 Å². The second-order valence-electron chi connectivity index (χ2n) is 6.66. The molecule has 2 rings (SSSR count). The van der Waals surface area contributed by atoms with Crippen LogP contribution in [0.4, 0.5) is 14.5 Å². The van der Waals surface area contributed by atoms with Crippen molar-refractivity contribution >= 4 is 57.6 Å². The van der Waals surface area contributed by atoms with E-state index in [4.69, 9.17) is 15.0 Å². The molecule has 0 atom stereocenters. The van der Waals surface area contributed by atoms with Gasteiger partial charge >= 0.3 is 15.6 Å². The zero-order chi connectivity index (χ0) is 23.7. The first-order valence-corrected chi connectivity index (χ1v) is 15.1. The minimum absolute atomic E-state index is 0.199. The van der Waals surface area contributed by atoms with E-state index < -0.39 is 77.8 Å². The predicted octanol–water partition coefficient (Wildman–Crippen LogP) is -2.22. The molecule has 11 nitrogen and oxygen atoms in total. The highest BCUT2D eigenvalue weighted by atomic mass is 32.3. The Bertz CT molecular complexity index is 1200. The molecular weight excluding hydrogens is 495 g/mol. The Hall–Kier alpha value is -1.34. The van der Waals surface area contributed by atoms with Crippen molar-refractivity contribution in [3.8, 4) is 0 Å². The van der Waals surface area contributed by atoms with E-state index in [-0.39, 0.29) is 25.0 Å². The molecule has 1 aliphatic heterocycles. The first-order valence-electron chi connectivity index (χ1n) is 7.52. The molecule has 0 radical (unpaired) electrons. The highest BCUT2D eigenvalue weighted by Crippen LogP contribution is 2.51. The lowest BCUT2D eigenvalue weighted by Crippen LogP contribution is -2.67. The van der Waals surface area contributed by atoms with Crippen molar-refractivity contribution in [1.82, 2.24) is 0 Å². The van der Waals surface area contributed by atoms with Gasteiger partial charge in [0.05, 0.1) is 5.69 Å². The summed E-state index contributed by atoms with van der Waals surface area (Å²) < 4.78 is 131. The van der Waals surface area contributed by atoms with Crippen molar-refractivity contribution in [2.24, 2.45) is 0 Å². The zero-order valence-corrected chi connectivity index (χ0v) is 19.0. The molecule has 1 fully saturated rings. The van der Waals surface area contributed by atoms with Crippen LogP contribution in [-0.4, -0.2) is 74.3 Å². The molecule has 18 heteroatoms. The molecule has 0 saturated carbocycles. The first kappa shape index (κ1) is 24.9. The summed E-state index contributed by atoms with van der Waals surface area (Å²) in [5, 5.41) is 0. The zero-order valence-electron chi connectivity index (χ0n) is 15.8. The van der Waals surface area contributed by atoms with Gasteiger partial charge in [0.1, 0.15) is 11.6 Å². The standard InChI is InChI=1S/C12H16BF2NO10S4/c1-27(17,18)11(28(2,19)20)12(29(3,21)22,30(4,23)24)26-13(25-11)7-5-9(15)10(16)6-8(7)14/h5-6H,16H2,1-4H3. The van der Waals surface area contributed by atoms with Gasteiger partial charge in [-0.1, -0.05) is 0 Å². The summed E-state index contributed by atoms with van der Waals surface area (Å²) in [6.45, 7) is 0. The van der Waals surface area contributed by atoms with Crippen LogP contribution in [0.1, 0.15) is 0 Å². The molecule has 1 aromatic carbocycles. The third kappa shape index (κ3) is 3.24. The van der Waals surface area contributed by atoms with Gasteiger partial charge < -0.3 is 15.0 Å². The number of nitrogens with two attached hydrogens (primary N) is 1. The maximum Gasteiger partial charge on any atom is 0.500 e. The molecule has 0 bridgehead atoms. The fourth-order valence-electron chi connectivity index (χ4n) is 3.14. The normalized spacial score (nSPS) is 19.7. The Morgan fingerprint density at radius 2 is 1.07 bits per heavy atom. The fraction of sp³-hybridized carbons (Fsp3) is 0.500. The monoisotopic (exact) mass is 511 g/mol. The molecule has 0 aromatic heterocycles. The first-order chi connectivity index (χ1) is 13.1. The number of rotatable bonds is 5. The van der Waals surface area contributed by atoms with Gasteiger partial charge in [-0.05, 0) is 12.1 Å². The molecule has 1 aliphatic rings. The van der Waals surface area contributed by atoms with Crippen LogP contribution in [0.5, 0.6) is 0 Å². The average molecular weight is 511 g/mol. The van der Waals surface area contributed by atoms with Gasteiger partial charge in [-0.2, -0.15) is 0 Å². The average Bonchev–Trinajstić information content (AvgIpc) is 2.88. The summed E-state index contributed by atoms with van der Waals surface area (Å²) in [5.41, 5.74) is 3.47. The summed E-state index contributed by atoms with van der Waals surface area (Å²) in [6, 6.07) is 0.728. The maximum atomic E-state index is 14.4. The number of nitrogen functional groups attached to an aromatic ring is 1. The number of hydrogen-bond donors (Lipinski definition) is 1. The largest absolute Gasteiger partial charge is 0.500 e. The molecule has 30 heavy (non-hydrogen) atoms. The molecule has 2 N–H and O–H groups in total. The van der Waals surface area contributed by atoms with Crippen molar-refractivity contribution in [3.63, 3.8) is 0 Å². The number of benzene rings is 1. The van der Waals surface area contributed by atoms with Gasteiger partial charge in [-0.25, -0.2) is 42.5 Å². The minimum atomic E-state index is -5.30. The third-order valence-corrected chi connectivity index (χ3v) is 13.8. The second-order valence-corrected chi connectivity index (χ2v) is 15.7. The summed E-state index contributed by atoms with van der Waals surface area (Å²) >= 11 is 0. The Kier molecular flexibility index (Phi) is 5.68. The van der Waals surface area contributed by atoms with E-state index in [0.29, 0.717) is 12.1 Å². The quantitative estimate of drug-likeness (QED) is 0.334. The van der Waals surface area contributed by atoms with E-state index in [1.807, 2.05) is 0 Å². The lowest BCUT2D eigenvalue weighted by atomic mass is 9.79. The van der Waals surface area contributed by atoms with Crippen LogP contribution in [0.25, 0.3) is 0 Å². The lowest BCUT2D eigenvalue weighted by molar-refractivity contribution is 0.202. The minimum Gasteiger partial charge on any atom is -0.396 e. The van der Waals surface area contributed by atoms with Crippen molar-refractivity contribution in [1.29, 1.82) is 0 Å². The van der Waals surface area contributed by atoms with Gasteiger partial charge in [0.25, 0.3) is 0 Å². The topological polar surface area (TPSA) is 181 Å². The maximum absolute atomic E-state index is 14.4. The third-order valence-electron chi connectivity index (χ3n) is 4.22. The summed E-state index contributed by atoms with van der Waals surface area (Å²) in [7, 11) is -23.8.